The summed E-state index contributed by atoms with van der Waals surface area (Å²) in [5, 5.41) is 22.7. The van der Waals surface area contributed by atoms with Crippen molar-refractivity contribution in [2.24, 2.45) is 0 Å². The molecule has 88 valence electrons. The maximum absolute atomic E-state index is 10.8. The Bertz CT molecular complexity index is 377. The van der Waals surface area contributed by atoms with Crippen molar-refractivity contribution in [3.63, 3.8) is 0 Å². The summed E-state index contributed by atoms with van der Waals surface area (Å²) in [4.78, 5) is 10.3. The number of nitro benzene ring substituents is 1. The van der Waals surface area contributed by atoms with E-state index in [0.717, 1.165) is 0 Å². The molecule has 0 fully saturated rings. The highest BCUT2D eigenvalue weighted by Crippen LogP contribution is 2.29. The van der Waals surface area contributed by atoms with Gasteiger partial charge in [0.15, 0.2) is 5.75 Å². The molecule has 0 saturated carbocycles. The summed E-state index contributed by atoms with van der Waals surface area (Å²) in [6.45, 7) is -0.125. The molecule has 0 aliphatic heterocycles. The monoisotopic (exact) mass is 226 g/mol. The molecule has 2 N–H and O–H groups in total. The van der Waals surface area contributed by atoms with E-state index in [1.807, 2.05) is 0 Å². The smallest absolute Gasteiger partial charge is 0.311 e. The number of likely N-dealkylation sites (N-methyl/N-ethyl adjacent to an activating group) is 1. The molecule has 1 aromatic carbocycles. The van der Waals surface area contributed by atoms with E-state index >= 15 is 0 Å². The summed E-state index contributed by atoms with van der Waals surface area (Å²) in [6.07, 6.45) is 0. The Labute approximate surface area is 93.0 Å². The van der Waals surface area contributed by atoms with Crippen LogP contribution in [0.5, 0.6) is 5.75 Å². The van der Waals surface area contributed by atoms with Gasteiger partial charge >= 0.3 is 5.69 Å². The Hall–Kier alpha value is -1.66. The zero-order valence-corrected chi connectivity index (χ0v) is 9.14. The number of nitro groups is 1. The molecular formula is C10H14N2O4. The van der Waals surface area contributed by atoms with E-state index in [9.17, 15) is 10.1 Å². The van der Waals surface area contributed by atoms with Gasteiger partial charge in [-0.2, -0.15) is 0 Å². The van der Waals surface area contributed by atoms with Crippen molar-refractivity contribution in [1.29, 1.82) is 0 Å². The normalized spacial score (nSPS) is 12.2. The molecule has 0 heterocycles. The summed E-state index contributed by atoms with van der Waals surface area (Å²) in [6, 6.07) is 4.29. The van der Waals surface area contributed by atoms with E-state index in [2.05, 4.69) is 5.32 Å². The molecule has 1 aromatic rings. The zero-order chi connectivity index (χ0) is 12.1. The third kappa shape index (κ3) is 2.47. The van der Waals surface area contributed by atoms with Crippen LogP contribution in [0.3, 0.4) is 0 Å². The van der Waals surface area contributed by atoms with E-state index in [0.29, 0.717) is 5.56 Å². The first-order valence-electron chi connectivity index (χ1n) is 4.74. The minimum absolute atomic E-state index is 0.103. The highest BCUT2D eigenvalue weighted by molar-refractivity contribution is 5.49. The van der Waals surface area contributed by atoms with Crippen molar-refractivity contribution >= 4 is 5.69 Å². The number of benzene rings is 1. The van der Waals surface area contributed by atoms with Gasteiger partial charge in [-0.1, -0.05) is 6.07 Å². The SMILES string of the molecule is CNC(CO)c1ccc(OC)c([N+](=O)[O-])c1. The second-order valence-corrected chi connectivity index (χ2v) is 3.21. The van der Waals surface area contributed by atoms with Crippen LogP contribution in [0.25, 0.3) is 0 Å². The van der Waals surface area contributed by atoms with Crippen LogP contribution in [0.4, 0.5) is 5.69 Å². The number of ether oxygens (including phenoxy) is 1. The lowest BCUT2D eigenvalue weighted by molar-refractivity contribution is -0.385. The Balaban J connectivity index is 3.15. The number of methoxy groups -OCH3 is 1. The molecule has 0 aromatic heterocycles. The van der Waals surface area contributed by atoms with Gasteiger partial charge in [0.1, 0.15) is 0 Å². The summed E-state index contributed by atoms with van der Waals surface area (Å²) < 4.78 is 4.88. The number of nitrogens with zero attached hydrogens (tertiary/aromatic N) is 1. The van der Waals surface area contributed by atoms with Gasteiger partial charge in [-0.25, -0.2) is 0 Å². The van der Waals surface area contributed by atoms with Crippen molar-refractivity contribution in [3.05, 3.63) is 33.9 Å². The van der Waals surface area contributed by atoms with Crippen LogP contribution in [0.15, 0.2) is 18.2 Å². The fraction of sp³-hybridized carbons (Fsp3) is 0.400. The number of aliphatic hydroxyl groups is 1. The van der Waals surface area contributed by atoms with Gasteiger partial charge in [-0.05, 0) is 18.7 Å². The van der Waals surface area contributed by atoms with Crippen molar-refractivity contribution in [2.75, 3.05) is 20.8 Å². The molecule has 0 aliphatic rings. The largest absolute Gasteiger partial charge is 0.490 e. The molecule has 1 atom stereocenters. The summed E-state index contributed by atoms with van der Waals surface area (Å²) in [7, 11) is 3.06. The van der Waals surface area contributed by atoms with Gasteiger partial charge in [0.2, 0.25) is 0 Å². The molecule has 6 nitrogen and oxygen atoms in total. The van der Waals surface area contributed by atoms with E-state index in [-0.39, 0.29) is 24.1 Å². The molecule has 1 rings (SSSR count). The standard InChI is InChI=1S/C10H14N2O4/c1-11-8(6-13)7-3-4-10(16-2)9(5-7)12(14)15/h3-5,8,11,13H,6H2,1-2H3. The molecule has 6 heteroatoms. The van der Waals surface area contributed by atoms with E-state index in [4.69, 9.17) is 9.84 Å². The fourth-order valence-corrected chi connectivity index (χ4v) is 1.43. The van der Waals surface area contributed by atoms with Gasteiger partial charge in [0, 0.05) is 6.07 Å². The van der Waals surface area contributed by atoms with Crippen molar-refractivity contribution < 1.29 is 14.8 Å². The molecule has 1 unspecified atom stereocenters. The molecule has 0 radical (unpaired) electrons. The van der Waals surface area contributed by atoms with Gasteiger partial charge in [0.25, 0.3) is 0 Å². The van der Waals surface area contributed by atoms with Crippen LogP contribution < -0.4 is 10.1 Å². The average Bonchev–Trinajstić information content (AvgIpc) is 2.30. The molecule has 0 aliphatic carbocycles. The zero-order valence-electron chi connectivity index (χ0n) is 9.14. The van der Waals surface area contributed by atoms with Crippen LogP contribution in [0.2, 0.25) is 0 Å². The number of hydrogen-bond acceptors (Lipinski definition) is 5. The van der Waals surface area contributed by atoms with Crippen LogP contribution in [-0.2, 0) is 0 Å². The highest BCUT2D eigenvalue weighted by atomic mass is 16.6. The molecule has 0 bridgehead atoms. The lowest BCUT2D eigenvalue weighted by Crippen LogP contribution is -2.19. The second kappa shape index (κ2) is 5.43. The molecule has 0 spiro atoms. The first-order valence-corrected chi connectivity index (χ1v) is 4.74. The van der Waals surface area contributed by atoms with Crippen LogP contribution in [0.1, 0.15) is 11.6 Å². The number of rotatable bonds is 5. The van der Waals surface area contributed by atoms with Gasteiger partial charge in [-0.15, -0.1) is 0 Å². The molecule has 0 amide bonds. The van der Waals surface area contributed by atoms with E-state index < -0.39 is 4.92 Å². The molecule has 0 saturated heterocycles. The summed E-state index contributed by atoms with van der Waals surface area (Å²) in [5.74, 6) is 0.210. The molecule has 16 heavy (non-hydrogen) atoms. The Morgan fingerprint density at radius 3 is 2.75 bits per heavy atom. The first kappa shape index (κ1) is 12.4. The van der Waals surface area contributed by atoms with Gasteiger partial charge in [0.05, 0.1) is 24.7 Å². The Morgan fingerprint density at radius 1 is 1.62 bits per heavy atom. The first-order chi connectivity index (χ1) is 7.63. The molecular weight excluding hydrogens is 212 g/mol. The minimum Gasteiger partial charge on any atom is -0.490 e. The maximum Gasteiger partial charge on any atom is 0.311 e. The van der Waals surface area contributed by atoms with Crippen molar-refractivity contribution in [2.45, 2.75) is 6.04 Å². The fourth-order valence-electron chi connectivity index (χ4n) is 1.43. The third-order valence-corrected chi connectivity index (χ3v) is 2.33. The number of nitrogens with one attached hydrogen (secondary N) is 1. The van der Waals surface area contributed by atoms with E-state index in [1.165, 1.54) is 19.2 Å². The number of hydrogen-bond donors (Lipinski definition) is 2. The Kier molecular flexibility index (Phi) is 4.21. The topological polar surface area (TPSA) is 84.6 Å². The quantitative estimate of drug-likeness (QED) is 0.574. The highest BCUT2D eigenvalue weighted by Gasteiger charge is 2.18. The minimum atomic E-state index is -0.508. The van der Waals surface area contributed by atoms with Crippen LogP contribution >= 0.6 is 0 Å². The summed E-state index contributed by atoms with van der Waals surface area (Å²) in [5.41, 5.74) is 0.547. The summed E-state index contributed by atoms with van der Waals surface area (Å²) >= 11 is 0. The van der Waals surface area contributed by atoms with E-state index in [1.54, 1.807) is 13.1 Å². The van der Waals surface area contributed by atoms with Crippen molar-refractivity contribution in [3.8, 4) is 5.75 Å². The average molecular weight is 226 g/mol. The predicted octanol–water partition coefficient (Wildman–Crippen LogP) is 0.856. The Morgan fingerprint density at radius 2 is 2.31 bits per heavy atom. The lowest BCUT2D eigenvalue weighted by atomic mass is 10.1. The van der Waals surface area contributed by atoms with Crippen molar-refractivity contribution in [1.82, 2.24) is 5.32 Å². The lowest BCUT2D eigenvalue weighted by Gasteiger charge is -2.13. The van der Waals surface area contributed by atoms with Gasteiger partial charge < -0.3 is 15.2 Å². The predicted molar refractivity (Wildman–Crippen MR) is 58.5 cm³/mol. The van der Waals surface area contributed by atoms with Crippen LogP contribution in [-0.4, -0.2) is 30.8 Å². The number of aliphatic hydroxyl groups excluding tert-OH is 1. The van der Waals surface area contributed by atoms with Crippen LogP contribution in [0, 0.1) is 10.1 Å². The van der Waals surface area contributed by atoms with Gasteiger partial charge in [-0.3, -0.25) is 10.1 Å². The second-order valence-electron chi connectivity index (χ2n) is 3.21. The third-order valence-electron chi connectivity index (χ3n) is 2.33. The maximum atomic E-state index is 10.8.